The van der Waals surface area contributed by atoms with Crippen molar-refractivity contribution >= 4 is 23.3 Å². The lowest BCUT2D eigenvalue weighted by atomic mass is 9.85. The summed E-state index contributed by atoms with van der Waals surface area (Å²) < 4.78 is 5.74. The first-order valence-corrected chi connectivity index (χ1v) is 9.51. The minimum atomic E-state index is -0.262. The maximum absolute atomic E-state index is 13.0. The highest BCUT2D eigenvalue weighted by Crippen LogP contribution is 2.53. The van der Waals surface area contributed by atoms with Gasteiger partial charge in [-0.25, -0.2) is 4.90 Å². The first-order valence-electron chi connectivity index (χ1n) is 9.51. The van der Waals surface area contributed by atoms with Crippen molar-refractivity contribution in [2.24, 2.45) is 23.7 Å². The molecule has 2 aromatic carbocycles. The molecule has 3 aliphatic rings. The number of imide groups is 1. The molecule has 1 aliphatic heterocycles. The van der Waals surface area contributed by atoms with Crippen LogP contribution in [-0.4, -0.2) is 24.2 Å². The highest BCUT2D eigenvalue weighted by molar-refractivity contribution is 6.23. The summed E-state index contributed by atoms with van der Waals surface area (Å²) in [6, 6.07) is 15.8. The molecule has 0 unspecified atom stereocenters. The van der Waals surface area contributed by atoms with Crippen LogP contribution in [-0.2, 0) is 9.59 Å². The van der Waals surface area contributed by atoms with Crippen molar-refractivity contribution in [3.8, 4) is 5.75 Å². The molecule has 2 aliphatic carbocycles. The average molecular weight is 373 g/mol. The number of carbonyl (C=O) groups excluding carboxylic acids is 3. The van der Waals surface area contributed by atoms with Gasteiger partial charge in [-0.05, 0) is 30.4 Å². The number of allylic oxidation sites excluding steroid dienone is 2. The number of carbonyl (C=O) groups is 3. The Labute approximate surface area is 162 Å². The first kappa shape index (κ1) is 16.9. The fraction of sp³-hybridized carbons (Fsp3) is 0.261. The van der Waals surface area contributed by atoms with Gasteiger partial charge in [0, 0.05) is 5.56 Å². The lowest BCUT2D eigenvalue weighted by Gasteiger charge is -2.20. The van der Waals surface area contributed by atoms with Gasteiger partial charge in [-0.2, -0.15) is 0 Å². The van der Waals surface area contributed by atoms with Crippen molar-refractivity contribution in [3.05, 3.63) is 72.3 Å². The van der Waals surface area contributed by atoms with Crippen molar-refractivity contribution in [2.45, 2.75) is 6.42 Å². The molecule has 0 radical (unpaired) electrons. The lowest BCUT2D eigenvalue weighted by Crippen LogP contribution is -2.33. The van der Waals surface area contributed by atoms with E-state index >= 15 is 0 Å². The Kier molecular flexibility index (Phi) is 3.90. The number of Topliss-reactive ketones (excluding diaryl/α,β-unsaturated/α-hetero) is 1. The molecule has 4 atom stereocenters. The summed E-state index contributed by atoms with van der Waals surface area (Å²) in [6.07, 6.45) is 5.03. The fourth-order valence-corrected chi connectivity index (χ4v) is 4.75. The Balaban J connectivity index is 1.39. The molecule has 0 N–H and O–H groups in total. The number of rotatable bonds is 5. The predicted octanol–water partition coefficient (Wildman–Crippen LogP) is 3.26. The van der Waals surface area contributed by atoms with Crippen LogP contribution in [0.4, 0.5) is 5.69 Å². The maximum atomic E-state index is 13.0. The lowest BCUT2D eigenvalue weighted by molar-refractivity contribution is -0.123. The molecule has 0 aromatic heterocycles. The van der Waals surface area contributed by atoms with Gasteiger partial charge in [-0.1, -0.05) is 54.6 Å². The zero-order chi connectivity index (χ0) is 19.3. The minimum Gasteiger partial charge on any atom is -0.483 e. The Hall–Kier alpha value is -3.21. The Morgan fingerprint density at radius 2 is 1.50 bits per heavy atom. The van der Waals surface area contributed by atoms with Gasteiger partial charge in [0.2, 0.25) is 11.8 Å². The molecule has 2 fully saturated rings. The van der Waals surface area contributed by atoms with E-state index in [0.717, 1.165) is 6.42 Å². The number of para-hydroxylation sites is 2. The van der Waals surface area contributed by atoms with Crippen molar-refractivity contribution in [1.82, 2.24) is 0 Å². The number of hydrogen-bond acceptors (Lipinski definition) is 4. The quantitative estimate of drug-likeness (QED) is 0.458. The highest BCUT2D eigenvalue weighted by Gasteiger charge is 2.59. The summed E-state index contributed by atoms with van der Waals surface area (Å²) in [6.45, 7) is -0.156. The monoisotopic (exact) mass is 373 g/mol. The van der Waals surface area contributed by atoms with Crippen LogP contribution in [0.5, 0.6) is 5.75 Å². The topological polar surface area (TPSA) is 63.7 Å². The van der Waals surface area contributed by atoms with Crippen LogP contribution in [0, 0.1) is 23.7 Å². The second kappa shape index (κ2) is 6.44. The van der Waals surface area contributed by atoms with Gasteiger partial charge < -0.3 is 4.74 Å². The first-order chi connectivity index (χ1) is 13.6. The van der Waals surface area contributed by atoms with Gasteiger partial charge >= 0.3 is 0 Å². The number of nitrogens with zero attached hydrogens (tertiary/aromatic N) is 1. The number of ketones is 1. The van der Waals surface area contributed by atoms with E-state index in [2.05, 4.69) is 12.2 Å². The Bertz CT molecular complexity index is 967. The summed E-state index contributed by atoms with van der Waals surface area (Å²) in [4.78, 5) is 39.7. The average Bonchev–Trinajstić information content (AvgIpc) is 3.41. The standard InChI is InChI=1S/C23H19NO4/c25-18(14-6-2-1-3-7-14)13-28-19-9-5-4-8-17(19)24-22(26)20-15-10-11-16(12-15)21(20)23(24)27/h1-11,15-16,20-21H,12-13H2/t15-,16-,20-,21-/m0/s1. The van der Waals surface area contributed by atoms with Crippen molar-refractivity contribution in [1.29, 1.82) is 0 Å². The van der Waals surface area contributed by atoms with Gasteiger partial charge in [0.05, 0.1) is 17.5 Å². The van der Waals surface area contributed by atoms with Gasteiger partial charge in [0.15, 0.2) is 12.4 Å². The zero-order valence-electron chi connectivity index (χ0n) is 15.2. The molecule has 1 saturated carbocycles. The SMILES string of the molecule is O=C(COc1ccccc1N1C(=O)[C@@H]2[C@@H](C1=O)[C@H]1C=C[C@H]2C1)c1ccccc1. The largest absolute Gasteiger partial charge is 0.483 e. The van der Waals surface area contributed by atoms with E-state index in [0.29, 0.717) is 17.0 Å². The summed E-state index contributed by atoms with van der Waals surface area (Å²) in [5.41, 5.74) is 0.984. The van der Waals surface area contributed by atoms with E-state index in [-0.39, 0.29) is 47.9 Å². The van der Waals surface area contributed by atoms with Crippen molar-refractivity contribution in [3.63, 3.8) is 0 Å². The predicted molar refractivity (Wildman–Crippen MR) is 103 cm³/mol. The second-order valence-electron chi connectivity index (χ2n) is 7.56. The van der Waals surface area contributed by atoms with E-state index in [9.17, 15) is 14.4 Å². The van der Waals surface area contributed by atoms with E-state index in [1.165, 1.54) is 4.90 Å². The summed E-state index contributed by atoms with van der Waals surface area (Å²) >= 11 is 0. The molecule has 2 aromatic rings. The normalized spacial score (nSPS) is 27.4. The van der Waals surface area contributed by atoms with Crippen LogP contribution in [0.15, 0.2) is 66.7 Å². The van der Waals surface area contributed by atoms with Crippen LogP contribution in [0.25, 0.3) is 0 Å². The molecular weight excluding hydrogens is 354 g/mol. The Morgan fingerprint density at radius 3 is 2.18 bits per heavy atom. The van der Waals surface area contributed by atoms with Gasteiger partial charge in [0.25, 0.3) is 0 Å². The highest BCUT2D eigenvalue weighted by atomic mass is 16.5. The number of fused-ring (bicyclic) bond motifs is 5. The molecule has 0 spiro atoms. The van der Waals surface area contributed by atoms with Crippen LogP contribution < -0.4 is 9.64 Å². The van der Waals surface area contributed by atoms with Gasteiger partial charge in [-0.15, -0.1) is 0 Å². The molecular formula is C23H19NO4. The molecule has 140 valence electrons. The van der Waals surface area contributed by atoms with Crippen LogP contribution in [0.1, 0.15) is 16.8 Å². The molecule has 28 heavy (non-hydrogen) atoms. The summed E-state index contributed by atoms with van der Waals surface area (Å²) in [5.74, 6) is -0.312. The third kappa shape index (κ3) is 2.50. The number of ether oxygens (including phenoxy) is 1. The Morgan fingerprint density at radius 1 is 0.893 bits per heavy atom. The van der Waals surface area contributed by atoms with E-state index < -0.39 is 0 Å². The van der Waals surface area contributed by atoms with Crippen LogP contribution in [0.3, 0.4) is 0 Å². The van der Waals surface area contributed by atoms with E-state index in [1.54, 1.807) is 48.5 Å². The zero-order valence-corrected chi connectivity index (χ0v) is 15.2. The van der Waals surface area contributed by atoms with E-state index in [4.69, 9.17) is 4.74 Å². The molecule has 1 heterocycles. The third-order valence-corrected chi connectivity index (χ3v) is 6.03. The summed E-state index contributed by atoms with van der Waals surface area (Å²) in [5, 5.41) is 0. The molecule has 1 saturated heterocycles. The number of amides is 2. The van der Waals surface area contributed by atoms with Crippen molar-refractivity contribution in [2.75, 3.05) is 11.5 Å². The minimum absolute atomic E-state index is 0.155. The second-order valence-corrected chi connectivity index (χ2v) is 7.56. The van der Waals surface area contributed by atoms with Crippen LogP contribution in [0.2, 0.25) is 0 Å². The van der Waals surface area contributed by atoms with Gasteiger partial charge in [-0.3, -0.25) is 14.4 Å². The fourth-order valence-electron chi connectivity index (χ4n) is 4.75. The smallest absolute Gasteiger partial charge is 0.238 e. The molecule has 5 rings (SSSR count). The molecule has 2 bridgehead atoms. The van der Waals surface area contributed by atoms with E-state index in [1.807, 2.05) is 6.07 Å². The van der Waals surface area contributed by atoms with Crippen LogP contribution >= 0.6 is 0 Å². The molecule has 5 heteroatoms. The van der Waals surface area contributed by atoms with Crippen molar-refractivity contribution < 1.29 is 19.1 Å². The number of hydrogen-bond donors (Lipinski definition) is 0. The summed E-state index contributed by atoms with van der Waals surface area (Å²) in [7, 11) is 0. The molecule has 5 nitrogen and oxygen atoms in total. The van der Waals surface area contributed by atoms with Gasteiger partial charge in [0.1, 0.15) is 5.75 Å². The molecule has 2 amide bonds. The maximum Gasteiger partial charge on any atom is 0.238 e. The third-order valence-electron chi connectivity index (χ3n) is 6.03. The number of anilines is 1. The number of benzene rings is 2.